The van der Waals surface area contributed by atoms with Gasteiger partial charge in [-0.2, -0.15) is 0 Å². The number of rotatable bonds is 4. The summed E-state index contributed by atoms with van der Waals surface area (Å²) in [6.45, 7) is 1.31. The van der Waals surface area contributed by atoms with Gasteiger partial charge in [-0.3, -0.25) is 14.9 Å². The summed E-state index contributed by atoms with van der Waals surface area (Å²) in [4.78, 5) is 27.4. The Balaban J connectivity index is 1.69. The summed E-state index contributed by atoms with van der Waals surface area (Å²) >= 11 is 1.28. The first-order valence-electron chi connectivity index (χ1n) is 7.32. The Morgan fingerprint density at radius 2 is 1.76 bits per heavy atom. The number of hydrogen-bond acceptors (Lipinski definition) is 5. The molecule has 3 aromatic rings. The molecule has 2 aromatic carbocycles. The minimum absolute atomic E-state index is 0.315. The van der Waals surface area contributed by atoms with E-state index in [0.29, 0.717) is 22.1 Å². The molecule has 0 unspecified atom stereocenters. The lowest BCUT2D eigenvalue weighted by Crippen LogP contribution is -2.11. The van der Waals surface area contributed by atoms with Gasteiger partial charge < -0.3 is 4.74 Å². The van der Waals surface area contributed by atoms with Crippen LogP contribution >= 0.6 is 11.3 Å². The fourth-order valence-corrected chi connectivity index (χ4v) is 2.81. The molecule has 0 bridgehead atoms. The summed E-state index contributed by atoms with van der Waals surface area (Å²) in [7, 11) is 0. The lowest BCUT2D eigenvalue weighted by molar-refractivity contribution is -0.131. The van der Waals surface area contributed by atoms with Crippen LogP contribution in [0.4, 0.5) is 9.52 Å². The fourth-order valence-electron chi connectivity index (χ4n) is 2.09. The molecule has 3 rings (SSSR count). The molecule has 0 aliphatic rings. The van der Waals surface area contributed by atoms with E-state index >= 15 is 0 Å². The number of aromatic nitrogens is 1. The molecule has 1 N–H and O–H groups in total. The van der Waals surface area contributed by atoms with Gasteiger partial charge in [0.2, 0.25) is 0 Å². The summed E-state index contributed by atoms with van der Waals surface area (Å²) in [5.74, 6) is -0.690. The van der Waals surface area contributed by atoms with Gasteiger partial charge in [-0.1, -0.05) is 0 Å². The Morgan fingerprint density at radius 3 is 2.40 bits per heavy atom. The molecule has 0 atom stereocenters. The van der Waals surface area contributed by atoms with E-state index in [2.05, 4.69) is 10.3 Å². The molecule has 1 heterocycles. The summed E-state index contributed by atoms with van der Waals surface area (Å²) < 4.78 is 17.9. The minimum Gasteiger partial charge on any atom is -0.427 e. The second-order valence-electron chi connectivity index (χ2n) is 5.12. The van der Waals surface area contributed by atoms with Crippen molar-refractivity contribution in [2.24, 2.45) is 0 Å². The third-order valence-electron chi connectivity index (χ3n) is 3.24. The molecule has 0 fully saturated rings. The van der Waals surface area contributed by atoms with Gasteiger partial charge in [0.25, 0.3) is 5.91 Å². The molecule has 0 aliphatic heterocycles. The summed E-state index contributed by atoms with van der Waals surface area (Å²) in [5, 5.41) is 4.93. The van der Waals surface area contributed by atoms with E-state index in [9.17, 15) is 14.0 Å². The first kappa shape index (κ1) is 16.8. The molecule has 0 saturated heterocycles. The Bertz CT molecular complexity index is 905. The molecule has 25 heavy (non-hydrogen) atoms. The van der Waals surface area contributed by atoms with Crippen molar-refractivity contribution in [2.45, 2.75) is 6.92 Å². The van der Waals surface area contributed by atoms with Gasteiger partial charge in [-0.25, -0.2) is 9.37 Å². The second kappa shape index (κ2) is 7.23. The Labute approximate surface area is 147 Å². The third-order valence-corrected chi connectivity index (χ3v) is 4.00. The van der Waals surface area contributed by atoms with Gasteiger partial charge in [0.15, 0.2) is 5.13 Å². The van der Waals surface area contributed by atoms with Crippen LogP contribution in [-0.4, -0.2) is 16.9 Å². The zero-order valence-electron chi connectivity index (χ0n) is 13.2. The molecule has 1 aromatic heterocycles. The lowest BCUT2D eigenvalue weighted by Gasteiger charge is -2.04. The summed E-state index contributed by atoms with van der Waals surface area (Å²) in [5.41, 5.74) is 1.84. The molecule has 126 valence electrons. The number of ether oxygens (including phenoxy) is 1. The van der Waals surface area contributed by atoms with Gasteiger partial charge in [-0.15, -0.1) is 11.3 Å². The van der Waals surface area contributed by atoms with Gasteiger partial charge >= 0.3 is 5.97 Å². The van der Waals surface area contributed by atoms with Crippen molar-refractivity contribution in [3.8, 4) is 17.0 Å². The van der Waals surface area contributed by atoms with E-state index in [1.807, 2.05) is 0 Å². The number of thiazole rings is 1. The zero-order chi connectivity index (χ0) is 17.8. The highest BCUT2D eigenvalue weighted by atomic mass is 32.1. The molecule has 0 spiro atoms. The number of carbonyl (C=O) groups is 2. The molecular formula is C18H13FN2O3S. The number of hydrogen-bond donors (Lipinski definition) is 1. The van der Waals surface area contributed by atoms with Crippen LogP contribution in [0.2, 0.25) is 0 Å². The maximum atomic E-state index is 13.0. The number of benzene rings is 2. The molecule has 7 heteroatoms. The van der Waals surface area contributed by atoms with Crippen molar-refractivity contribution < 1.29 is 18.7 Å². The van der Waals surface area contributed by atoms with Crippen LogP contribution in [0.5, 0.6) is 5.75 Å². The molecule has 0 saturated carbocycles. The topological polar surface area (TPSA) is 68.3 Å². The first-order valence-corrected chi connectivity index (χ1v) is 8.20. The summed E-state index contributed by atoms with van der Waals surface area (Å²) in [6.07, 6.45) is 0. The second-order valence-corrected chi connectivity index (χ2v) is 5.98. The van der Waals surface area contributed by atoms with Crippen LogP contribution in [0.1, 0.15) is 17.3 Å². The lowest BCUT2D eigenvalue weighted by atomic mass is 10.2. The standard InChI is InChI=1S/C18H13FN2O3S/c1-11(22)24-15-8-4-13(5-9-15)17(23)21-18-20-16(10-25-18)12-2-6-14(19)7-3-12/h2-10H,1H3,(H,20,21,23). The number of anilines is 1. The normalized spacial score (nSPS) is 10.3. The van der Waals surface area contributed by atoms with E-state index in [0.717, 1.165) is 5.56 Å². The van der Waals surface area contributed by atoms with Crippen LogP contribution in [0.3, 0.4) is 0 Å². The number of carbonyl (C=O) groups excluding carboxylic acids is 2. The number of esters is 1. The van der Waals surface area contributed by atoms with Crippen molar-refractivity contribution >= 4 is 28.3 Å². The third kappa shape index (κ3) is 4.27. The van der Waals surface area contributed by atoms with Crippen LogP contribution in [0.25, 0.3) is 11.3 Å². The van der Waals surface area contributed by atoms with E-state index in [1.54, 1.807) is 41.8 Å². The number of amides is 1. The zero-order valence-corrected chi connectivity index (χ0v) is 14.0. The highest BCUT2D eigenvalue weighted by molar-refractivity contribution is 7.14. The van der Waals surface area contributed by atoms with Crippen molar-refractivity contribution in [1.29, 1.82) is 0 Å². The SMILES string of the molecule is CC(=O)Oc1ccc(C(=O)Nc2nc(-c3ccc(F)cc3)cs2)cc1. The van der Waals surface area contributed by atoms with Crippen molar-refractivity contribution in [1.82, 2.24) is 4.98 Å². The maximum absolute atomic E-state index is 13.0. The smallest absolute Gasteiger partial charge is 0.308 e. The van der Waals surface area contributed by atoms with Gasteiger partial charge in [0.1, 0.15) is 11.6 Å². The average Bonchev–Trinajstić information content (AvgIpc) is 3.04. The Hall–Kier alpha value is -3.06. The Kier molecular flexibility index (Phi) is 4.85. The monoisotopic (exact) mass is 356 g/mol. The van der Waals surface area contributed by atoms with Crippen molar-refractivity contribution in [2.75, 3.05) is 5.32 Å². The quantitative estimate of drug-likeness (QED) is 0.564. The average molecular weight is 356 g/mol. The Morgan fingerprint density at radius 1 is 1.08 bits per heavy atom. The van der Waals surface area contributed by atoms with Crippen molar-refractivity contribution in [3.63, 3.8) is 0 Å². The molecular weight excluding hydrogens is 343 g/mol. The van der Waals surface area contributed by atoms with E-state index in [-0.39, 0.29) is 11.7 Å². The maximum Gasteiger partial charge on any atom is 0.308 e. The predicted octanol–water partition coefficient (Wildman–Crippen LogP) is 4.13. The summed E-state index contributed by atoms with van der Waals surface area (Å²) in [6, 6.07) is 12.2. The number of halogens is 1. The predicted molar refractivity (Wildman–Crippen MR) is 93.2 cm³/mol. The first-order chi connectivity index (χ1) is 12.0. The van der Waals surface area contributed by atoms with Crippen LogP contribution in [-0.2, 0) is 4.79 Å². The number of nitrogens with one attached hydrogen (secondary N) is 1. The molecule has 0 radical (unpaired) electrons. The van der Waals surface area contributed by atoms with Crippen LogP contribution in [0.15, 0.2) is 53.9 Å². The van der Waals surface area contributed by atoms with Gasteiger partial charge in [0.05, 0.1) is 5.69 Å². The molecule has 5 nitrogen and oxygen atoms in total. The van der Waals surface area contributed by atoms with E-state index in [4.69, 9.17) is 4.74 Å². The van der Waals surface area contributed by atoms with E-state index < -0.39 is 5.97 Å². The number of nitrogens with zero attached hydrogens (tertiary/aromatic N) is 1. The minimum atomic E-state index is -0.423. The molecule has 1 amide bonds. The van der Waals surface area contributed by atoms with Crippen LogP contribution in [0, 0.1) is 5.82 Å². The molecule has 0 aliphatic carbocycles. The highest BCUT2D eigenvalue weighted by Crippen LogP contribution is 2.25. The van der Waals surface area contributed by atoms with Gasteiger partial charge in [0, 0.05) is 23.4 Å². The van der Waals surface area contributed by atoms with Crippen LogP contribution < -0.4 is 10.1 Å². The highest BCUT2D eigenvalue weighted by Gasteiger charge is 2.10. The van der Waals surface area contributed by atoms with Gasteiger partial charge in [-0.05, 0) is 48.5 Å². The fraction of sp³-hybridized carbons (Fsp3) is 0.0556. The van der Waals surface area contributed by atoms with Crippen molar-refractivity contribution in [3.05, 3.63) is 65.3 Å². The largest absolute Gasteiger partial charge is 0.427 e. The van der Waals surface area contributed by atoms with E-state index in [1.165, 1.54) is 30.4 Å².